The van der Waals surface area contributed by atoms with Gasteiger partial charge in [-0.05, 0) is 27.7 Å². The summed E-state index contributed by atoms with van der Waals surface area (Å²) in [7, 11) is 0. The van der Waals surface area contributed by atoms with E-state index in [0.717, 1.165) is 0 Å². The monoisotopic (exact) mass is 240 g/mol. The van der Waals surface area contributed by atoms with E-state index >= 15 is 0 Å². The first-order valence-electron chi connectivity index (χ1n) is 5.46. The predicted octanol–water partition coefficient (Wildman–Crippen LogP) is -0.0632. The summed E-state index contributed by atoms with van der Waals surface area (Å²) in [6, 6.07) is 0. The Balaban J connectivity index is 2.41. The number of hydrogen-bond donors (Lipinski definition) is 2. The average Bonchev–Trinajstić information content (AvgIpc) is 2.75. The Kier molecular flexibility index (Phi) is 2.67. The van der Waals surface area contributed by atoms with E-state index in [1.54, 1.807) is 6.92 Å². The van der Waals surface area contributed by atoms with Crippen LogP contribution in [-0.2, 0) is 14.5 Å². The lowest BCUT2D eigenvalue weighted by Crippen LogP contribution is -2.58. The van der Waals surface area contributed by atoms with Crippen molar-refractivity contribution in [3.63, 3.8) is 0 Å². The van der Waals surface area contributed by atoms with Gasteiger partial charge in [0.25, 0.3) is 5.91 Å². The fourth-order valence-corrected chi connectivity index (χ4v) is 1.95. The highest BCUT2D eigenvalue weighted by molar-refractivity contribution is 6.35. The molecule has 1 amide bonds. The zero-order chi connectivity index (χ0) is 12.7. The van der Waals surface area contributed by atoms with Crippen LogP contribution in [0.3, 0.4) is 0 Å². The van der Waals surface area contributed by atoms with E-state index in [4.69, 9.17) is 9.68 Å². The molecule has 0 radical (unpaired) electrons. The van der Waals surface area contributed by atoms with Gasteiger partial charge in [0.05, 0.1) is 5.71 Å². The minimum absolute atomic E-state index is 0.306. The highest BCUT2D eigenvalue weighted by Gasteiger charge is 2.61. The molecule has 0 saturated carbocycles. The lowest BCUT2D eigenvalue weighted by atomic mass is 9.83. The third-order valence-electron chi connectivity index (χ3n) is 2.87. The summed E-state index contributed by atoms with van der Waals surface area (Å²) < 4.78 is 0. The quantitative estimate of drug-likeness (QED) is 0.534. The van der Waals surface area contributed by atoms with Crippen LogP contribution < -0.4 is 10.9 Å². The summed E-state index contributed by atoms with van der Waals surface area (Å²) in [6.45, 7) is 7.62. The molecule has 0 aromatic rings. The van der Waals surface area contributed by atoms with Gasteiger partial charge in [-0.15, -0.1) is 0 Å². The fourth-order valence-electron chi connectivity index (χ4n) is 1.95. The summed E-state index contributed by atoms with van der Waals surface area (Å²) >= 11 is 0. The lowest BCUT2D eigenvalue weighted by Gasteiger charge is -2.20. The van der Waals surface area contributed by atoms with Crippen molar-refractivity contribution in [2.24, 2.45) is 10.3 Å². The van der Waals surface area contributed by atoms with E-state index in [1.165, 1.54) is 0 Å². The number of hydrazone groups is 1. The number of hydroxylamine groups is 1. The van der Waals surface area contributed by atoms with Crippen molar-refractivity contribution in [1.82, 2.24) is 10.9 Å². The number of carbonyl (C=O) groups is 1. The van der Waals surface area contributed by atoms with Crippen LogP contribution in [0.4, 0.5) is 0 Å². The second kappa shape index (κ2) is 3.78. The number of hydrogen-bond acceptors (Lipinski definition) is 6. The molecular formula is C10H16N4O3. The number of carbonyl (C=O) groups excluding carboxylic acids is 1. The molecule has 0 aromatic carbocycles. The molecule has 2 N–H and O–H groups in total. The highest BCUT2D eigenvalue weighted by Crippen LogP contribution is 2.32. The molecule has 2 aliphatic rings. The smallest absolute Gasteiger partial charge is 0.274 e. The Morgan fingerprint density at radius 1 is 1.59 bits per heavy atom. The van der Waals surface area contributed by atoms with E-state index in [-0.39, 0.29) is 5.91 Å². The van der Waals surface area contributed by atoms with Gasteiger partial charge in [-0.1, -0.05) is 5.16 Å². The van der Waals surface area contributed by atoms with E-state index in [0.29, 0.717) is 18.0 Å². The van der Waals surface area contributed by atoms with Gasteiger partial charge < -0.3 is 4.84 Å². The van der Waals surface area contributed by atoms with Gasteiger partial charge in [-0.2, -0.15) is 10.6 Å². The molecule has 1 fully saturated rings. The van der Waals surface area contributed by atoms with Crippen molar-refractivity contribution in [3.05, 3.63) is 0 Å². The zero-order valence-corrected chi connectivity index (χ0v) is 10.3. The third kappa shape index (κ3) is 1.54. The van der Waals surface area contributed by atoms with Gasteiger partial charge in [-0.3, -0.25) is 9.63 Å². The number of rotatable bonds is 3. The van der Waals surface area contributed by atoms with Gasteiger partial charge in [-0.25, -0.2) is 5.43 Å². The summed E-state index contributed by atoms with van der Waals surface area (Å²) in [4.78, 5) is 22.4. The normalized spacial score (nSPS) is 30.9. The molecule has 2 rings (SSSR count). The molecular weight excluding hydrogens is 224 g/mol. The molecule has 0 aliphatic carbocycles. The third-order valence-corrected chi connectivity index (χ3v) is 2.87. The Labute approximate surface area is 99.2 Å². The summed E-state index contributed by atoms with van der Waals surface area (Å²) in [5.74, 6) is -0.306. The summed E-state index contributed by atoms with van der Waals surface area (Å²) in [6.07, 6.45) is 0. The molecule has 0 bridgehead atoms. The molecule has 7 nitrogen and oxygen atoms in total. The molecule has 1 saturated heterocycles. The number of oxime groups is 1. The largest absolute Gasteiger partial charge is 0.396 e. The fraction of sp³-hybridized carbons (Fsp3) is 0.700. The van der Waals surface area contributed by atoms with Crippen LogP contribution in [-0.4, -0.2) is 35.1 Å². The summed E-state index contributed by atoms with van der Waals surface area (Å²) in [5, 5.41) is 7.93. The maximum Gasteiger partial charge on any atom is 0.274 e. The molecule has 0 aromatic heterocycles. The number of fused-ring (bicyclic) bond motifs is 1. The number of amides is 1. The topological polar surface area (TPSA) is 84.3 Å². The van der Waals surface area contributed by atoms with Gasteiger partial charge in [0.1, 0.15) is 17.9 Å². The Morgan fingerprint density at radius 2 is 2.29 bits per heavy atom. The predicted molar refractivity (Wildman–Crippen MR) is 61.3 cm³/mol. The number of nitrogens with zero attached hydrogens (tertiary/aromatic N) is 2. The maximum atomic E-state index is 12.0. The molecule has 0 spiro atoms. The van der Waals surface area contributed by atoms with Crippen molar-refractivity contribution >= 4 is 17.3 Å². The first kappa shape index (κ1) is 12.0. The van der Waals surface area contributed by atoms with Crippen LogP contribution in [0.25, 0.3) is 0 Å². The van der Waals surface area contributed by atoms with Crippen LogP contribution in [0.15, 0.2) is 10.3 Å². The van der Waals surface area contributed by atoms with E-state index in [9.17, 15) is 4.79 Å². The second-order valence-electron chi connectivity index (χ2n) is 4.46. The van der Waals surface area contributed by atoms with Crippen LogP contribution >= 0.6 is 0 Å². The standard InChI is InChI=1S/C10H16N4O3/c1-5-16-13-6(2)10-7(11-12-8(10)15)9(3,4)17-14-10/h14H,5H2,1-4H3,(H,12,15)/b13-6+. The Morgan fingerprint density at radius 3 is 2.94 bits per heavy atom. The van der Waals surface area contributed by atoms with Crippen molar-refractivity contribution in [2.45, 2.75) is 38.8 Å². The molecule has 2 aliphatic heterocycles. The van der Waals surface area contributed by atoms with Crippen molar-refractivity contribution in [3.8, 4) is 0 Å². The Hall–Kier alpha value is -1.47. The van der Waals surface area contributed by atoms with Crippen molar-refractivity contribution < 1.29 is 14.5 Å². The van der Waals surface area contributed by atoms with Gasteiger partial charge in [0.2, 0.25) is 5.54 Å². The van der Waals surface area contributed by atoms with Crippen molar-refractivity contribution in [1.29, 1.82) is 0 Å². The average molecular weight is 240 g/mol. The van der Waals surface area contributed by atoms with Gasteiger partial charge >= 0.3 is 0 Å². The summed E-state index contributed by atoms with van der Waals surface area (Å²) in [5.41, 5.74) is 4.40. The SMILES string of the molecule is CCO/N=C(\C)C12NOC(C)(C)C1=NNC2=O. The van der Waals surface area contributed by atoms with Crippen LogP contribution in [0.2, 0.25) is 0 Å². The van der Waals surface area contributed by atoms with E-state index in [1.807, 2.05) is 20.8 Å². The lowest BCUT2D eigenvalue weighted by molar-refractivity contribution is -0.126. The first-order valence-corrected chi connectivity index (χ1v) is 5.46. The molecule has 1 unspecified atom stereocenters. The van der Waals surface area contributed by atoms with Gasteiger partial charge in [0.15, 0.2) is 0 Å². The Bertz CT molecular complexity index is 416. The zero-order valence-electron chi connectivity index (χ0n) is 10.3. The van der Waals surface area contributed by atoms with E-state index < -0.39 is 11.1 Å². The molecule has 1 atom stereocenters. The first-order chi connectivity index (χ1) is 7.95. The molecule has 2 heterocycles. The van der Waals surface area contributed by atoms with Crippen molar-refractivity contribution in [2.75, 3.05) is 6.61 Å². The molecule has 7 heteroatoms. The minimum Gasteiger partial charge on any atom is -0.396 e. The minimum atomic E-state index is -1.14. The number of nitrogens with one attached hydrogen (secondary N) is 2. The maximum absolute atomic E-state index is 12.0. The molecule has 94 valence electrons. The van der Waals surface area contributed by atoms with E-state index in [2.05, 4.69) is 21.2 Å². The van der Waals surface area contributed by atoms with Crippen LogP contribution in [0.5, 0.6) is 0 Å². The molecule has 17 heavy (non-hydrogen) atoms. The van der Waals surface area contributed by atoms with Crippen LogP contribution in [0, 0.1) is 0 Å². The highest BCUT2D eigenvalue weighted by atomic mass is 16.7. The second-order valence-corrected chi connectivity index (χ2v) is 4.46. The van der Waals surface area contributed by atoms with Gasteiger partial charge in [0, 0.05) is 0 Å². The van der Waals surface area contributed by atoms with Crippen LogP contribution in [0.1, 0.15) is 27.7 Å².